The molecule has 2 aliphatic rings. The van der Waals surface area contributed by atoms with Crippen molar-refractivity contribution in [2.45, 2.75) is 38.9 Å². The lowest BCUT2D eigenvalue weighted by molar-refractivity contribution is -0.139. The number of aromatic nitrogens is 3. The Kier molecular flexibility index (Phi) is 6.60. The van der Waals surface area contributed by atoms with Crippen LogP contribution in [0.3, 0.4) is 0 Å². The maximum Gasteiger partial charge on any atom is 0.419 e. The Labute approximate surface area is 212 Å². The van der Waals surface area contributed by atoms with Crippen LogP contribution in [-0.2, 0) is 22.0 Å². The summed E-state index contributed by atoms with van der Waals surface area (Å²) >= 11 is 0. The maximum absolute atomic E-state index is 13.8. The van der Waals surface area contributed by atoms with Gasteiger partial charge in [-0.1, -0.05) is 12.1 Å². The van der Waals surface area contributed by atoms with Crippen molar-refractivity contribution >= 4 is 35.2 Å². The number of anilines is 1. The lowest BCUT2D eigenvalue weighted by Crippen LogP contribution is -2.40. The summed E-state index contributed by atoms with van der Waals surface area (Å²) in [6.45, 7) is 4.14. The normalized spacial score (nSPS) is 19.8. The fourth-order valence-electron chi connectivity index (χ4n) is 4.81. The predicted molar refractivity (Wildman–Crippen MR) is 134 cm³/mol. The number of alkyl halides is 3. The molecule has 0 spiro atoms. The summed E-state index contributed by atoms with van der Waals surface area (Å²) in [5.41, 5.74) is 0.551. The molecule has 2 aromatic heterocycles. The lowest BCUT2D eigenvalue weighted by atomic mass is 10.0. The van der Waals surface area contributed by atoms with Crippen LogP contribution in [0, 0.1) is 0 Å². The number of hydrogen-bond donors (Lipinski definition) is 1. The highest BCUT2D eigenvalue weighted by atomic mass is 31.2. The minimum Gasteiger partial charge on any atom is -0.493 e. The third-order valence-electron chi connectivity index (χ3n) is 6.90. The van der Waals surface area contributed by atoms with Crippen molar-refractivity contribution in [2.24, 2.45) is 0 Å². The van der Waals surface area contributed by atoms with Crippen LogP contribution in [0.25, 0.3) is 10.9 Å². The molecule has 196 valence electrons. The van der Waals surface area contributed by atoms with Gasteiger partial charge in [0.05, 0.1) is 29.9 Å². The number of ether oxygens (including phenoxy) is 1. The van der Waals surface area contributed by atoms with Crippen LogP contribution >= 0.6 is 7.14 Å². The molecular formula is C25H27F3N5O3P. The fourth-order valence-corrected chi connectivity index (χ4v) is 7.26. The first-order valence-electron chi connectivity index (χ1n) is 12.2. The van der Waals surface area contributed by atoms with Gasteiger partial charge < -0.3 is 19.5 Å². The highest BCUT2D eigenvalue weighted by molar-refractivity contribution is 7.71. The molecule has 5 rings (SSSR count). The van der Waals surface area contributed by atoms with Crippen LogP contribution in [0.2, 0.25) is 0 Å². The second-order valence-corrected chi connectivity index (χ2v) is 12.6. The molecule has 37 heavy (non-hydrogen) atoms. The molecule has 3 aromatic rings. The number of nitrogens with one attached hydrogen (secondary N) is 1. The number of benzene rings is 1. The van der Waals surface area contributed by atoms with Gasteiger partial charge in [-0.3, -0.25) is 9.78 Å². The molecule has 4 heterocycles. The standard InChI is InChI=1S/C25H27F3N5O3P/c1-15-17-5-3-6-19(25(26,27)28)23(17)36-10-4-7-21-31-20-14-29-22(13-18(20)24(30-15)32-21)37(35)11-8-33(9-12-37)16(2)34/h3,5-6,13-15H,4,7-12H2,1-2H3,(H,30,31,32)/t15-/m1/s1. The summed E-state index contributed by atoms with van der Waals surface area (Å²) in [5, 5.41) is 3.85. The van der Waals surface area contributed by atoms with E-state index in [-0.39, 0.29) is 18.3 Å². The number of rotatable bonds is 1. The number of carbonyl (C=O) groups excluding carboxylic acids is 1. The molecule has 0 radical (unpaired) electrons. The highest BCUT2D eigenvalue weighted by Crippen LogP contribution is 2.46. The van der Waals surface area contributed by atoms with Gasteiger partial charge in [0.25, 0.3) is 0 Å². The largest absolute Gasteiger partial charge is 0.493 e. The summed E-state index contributed by atoms with van der Waals surface area (Å²) in [7, 11) is -2.84. The molecule has 1 amide bonds. The van der Waals surface area contributed by atoms with Gasteiger partial charge in [0, 0.05) is 49.7 Å². The Morgan fingerprint density at radius 2 is 1.97 bits per heavy atom. The summed E-state index contributed by atoms with van der Waals surface area (Å²) in [6, 6.07) is 5.15. The number of pyridine rings is 1. The molecular weight excluding hydrogens is 506 g/mol. The number of halogens is 3. The SMILES string of the molecule is CC(=O)N1CCP(=O)(c2cc3c4nc(nc3cn2)CCCOc2c(cccc2C(F)(F)F)[C@@H](C)N4)CC1. The Morgan fingerprint density at radius 1 is 1.22 bits per heavy atom. The zero-order chi connectivity index (χ0) is 26.4. The Morgan fingerprint density at radius 3 is 2.68 bits per heavy atom. The van der Waals surface area contributed by atoms with Gasteiger partial charge in [0.1, 0.15) is 30.0 Å². The average molecular weight is 533 g/mol. The number of para-hydroxylation sites is 1. The topological polar surface area (TPSA) is 97.3 Å². The zero-order valence-corrected chi connectivity index (χ0v) is 21.4. The fraction of sp³-hybridized carbons (Fsp3) is 0.440. The third-order valence-corrected chi connectivity index (χ3v) is 9.83. The van der Waals surface area contributed by atoms with E-state index in [0.717, 1.165) is 6.07 Å². The highest BCUT2D eigenvalue weighted by Gasteiger charge is 2.36. The van der Waals surface area contributed by atoms with E-state index in [4.69, 9.17) is 4.74 Å². The van der Waals surface area contributed by atoms with E-state index >= 15 is 0 Å². The monoisotopic (exact) mass is 533 g/mol. The second kappa shape index (κ2) is 9.59. The van der Waals surface area contributed by atoms with Crippen molar-refractivity contribution in [1.82, 2.24) is 19.9 Å². The number of carbonyl (C=O) groups is 1. The van der Waals surface area contributed by atoms with Crippen molar-refractivity contribution in [1.29, 1.82) is 0 Å². The molecule has 1 fully saturated rings. The van der Waals surface area contributed by atoms with Gasteiger partial charge >= 0.3 is 6.18 Å². The number of amides is 1. The van der Waals surface area contributed by atoms with E-state index in [9.17, 15) is 22.5 Å². The number of nitrogens with zero attached hydrogens (tertiary/aromatic N) is 4. The predicted octanol–water partition coefficient (Wildman–Crippen LogP) is 4.39. The summed E-state index contributed by atoms with van der Waals surface area (Å²) < 4.78 is 60.7. The molecule has 0 unspecified atom stereocenters. The zero-order valence-electron chi connectivity index (χ0n) is 20.5. The summed E-state index contributed by atoms with van der Waals surface area (Å²) in [6.07, 6.45) is -1.46. The van der Waals surface area contributed by atoms with E-state index in [1.165, 1.54) is 13.0 Å². The van der Waals surface area contributed by atoms with Crippen LogP contribution < -0.4 is 15.5 Å². The third kappa shape index (κ3) is 5.01. The minimum absolute atomic E-state index is 0.0468. The molecule has 8 nitrogen and oxygen atoms in total. The van der Waals surface area contributed by atoms with E-state index in [2.05, 4.69) is 20.3 Å². The Bertz CT molecular complexity index is 1400. The Hall–Kier alpha value is -3.20. The molecule has 12 heteroatoms. The molecule has 2 aliphatic heterocycles. The molecule has 0 aliphatic carbocycles. The number of hydrogen-bond acceptors (Lipinski definition) is 7. The molecule has 2 bridgehead atoms. The van der Waals surface area contributed by atoms with Crippen molar-refractivity contribution < 1.29 is 27.3 Å². The van der Waals surface area contributed by atoms with Crippen LogP contribution in [0.1, 0.15) is 43.3 Å². The van der Waals surface area contributed by atoms with Crippen molar-refractivity contribution in [3.05, 3.63) is 47.4 Å². The summed E-state index contributed by atoms with van der Waals surface area (Å²) in [5.74, 6) is 0.722. The molecule has 1 atom stereocenters. The van der Waals surface area contributed by atoms with E-state index < -0.39 is 24.9 Å². The van der Waals surface area contributed by atoms with Gasteiger partial charge in [-0.2, -0.15) is 13.2 Å². The van der Waals surface area contributed by atoms with Gasteiger partial charge in [-0.15, -0.1) is 0 Å². The van der Waals surface area contributed by atoms with Crippen LogP contribution in [0.4, 0.5) is 19.0 Å². The average Bonchev–Trinajstić information content (AvgIpc) is 2.87. The Balaban J connectivity index is 1.56. The quantitative estimate of drug-likeness (QED) is 0.464. The lowest BCUT2D eigenvalue weighted by Gasteiger charge is -2.31. The van der Waals surface area contributed by atoms with E-state index in [0.29, 0.717) is 71.8 Å². The van der Waals surface area contributed by atoms with Gasteiger partial charge in [0.15, 0.2) is 0 Å². The van der Waals surface area contributed by atoms with Crippen molar-refractivity contribution in [3.8, 4) is 5.75 Å². The van der Waals surface area contributed by atoms with Gasteiger partial charge in [0.2, 0.25) is 5.91 Å². The van der Waals surface area contributed by atoms with E-state index in [1.54, 1.807) is 30.2 Å². The summed E-state index contributed by atoms with van der Waals surface area (Å²) in [4.78, 5) is 27.1. The van der Waals surface area contributed by atoms with E-state index in [1.807, 2.05) is 0 Å². The molecule has 1 aromatic carbocycles. The first-order chi connectivity index (χ1) is 17.5. The molecule has 1 N–H and O–H groups in total. The van der Waals surface area contributed by atoms with Crippen LogP contribution in [0.15, 0.2) is 30.5 Å². The van der Waals surface area contributed by atoms with Crippen molar-refractivity contribution in [2.75, 3.05) is 37.3 Å². The van der Waals surface area contributed by atoms with Crippen LogP contribution in [0.5, 0.6) is 5.75 Å². The molecule has 1 saturated heterocycles. The first-order valence-corrected chi connectivity index (χ1v) is 14.2. The smallest absolute Gasteiger partial charge is 0.419 e. The second-order valence-electron chi connectivity index (χ2n) is 9.43. The molecule has 0 saturated carbocycles. The minimum atomic E-state index is -4.56. The first kappa shape index (κ1) is 25.4. The maximum atomic E-state index is 13.8. The number of fused-ring (bicyclic) bond motifs is 5. The van der Waals surface area contributed by atoms with Gasteiger partial charge in [-0.05, 0) is 25.5 Å². The van der Waals surface area contributed by atoms with Crippen LogP contribution in [-0.4, -0.2) is 57.8 Å². The van der Waals surface area contributed by atoms with Gasteiger partial charge in [-0.25, -0.2) is 9.97 Å². The van der Waals surface area contributed by atoms with Crippen molar-refractivity contribution in [3.63, 3.8) is 0 Å². The number of aryl methyl sites for hydroxylation is 1.